The van der Waals surface area contributed by atoms with Gasteiger partial charge in [-0.25, -0.2) is 0 Å². The molecule has 0 radical (unpaired) electrons. The van der Waals surface area contributed by atoms with E-state index in [1.165, 1.54) is 23.1 Å². The highest BCUT2D eigenvalue weighted by Crippen LogP contribution is 2.28. The largest absolute Gasteiger partial charge is 0.330 e. The van der Waals surface area contributed by atoms with Crippen LogP contribution >= 0.6 is 23.1 Å². The number of nitrogens with zero attached hydrogens (tertiary/aromatic N) is 2. The van der Waals surface area contributed by atoms with Crippen molar-refractivity contribution < 1.29 is 4.79 Å². The number of hydrazine groups is 1. The molecule has 8 heteroatoms. The zero-order chi connectivity index (χ0) is 17.5. The zero-order valence-electron chi connectivity index (χ0n) is 13.5. The summed E-state index contributed by atoms with van der Waals surface area (Å²) >= 11 is 2.77. The number of hydrogen-bond donors (Lipinski definition) is 3. The van der Waals surface area contributed by atoms with Crippen LogP contribution in [-0.4, -0.2) is 21.9 Å². The molecule has 128 valence electrons. The number of aryl methyl sites for hydroxylation is 1. The highest BCUT2D eigenvalue weighted by atomic mass is 32.2. The molecule has 1 aromatic heterocycles. The van der Waals surface area contributed by atoms with Crippen LogP contribution in [0.15, 0.2) is 58.9 Å². The van der Waals surface area contributed by atoms with Gasteiger partial charge >= 0.3 is 0 Å². The van der Waals surface area contributed by atoms with E-state index < -0.39 is 0 Å². The van der Waals surface area contributed by atoms with Crippen molar-refractivity contribution in [3.63, 3.8) is 0 Å². The average molecular weight is 371 g/mol. The number of para-hydroxylation sites is 2. The van der Waals surface area contributed by atoms with Crippen molar-refractivity contribution in [3.05, 3.63) is 60.2 Å². The molecule has 0 spiro atoms. The second kappa shape index (κ2) is 8.50. The van der Waals surface area contributed by atoms with Crippen molar-refractivity contribution in [2.75, 3.05) is 16.5 Å². The summed E-state index contributed by atoms with van der Waals surface area (Å²) in [5, 5.41) is 12.2. The van der Waals surface area contributed by atoms with E-state index in [0.717, 1.165) is 21.3 Å². The molecule has 0 unspecified atom stereocenters. The van der Waals surface area contributed by atoms with Gasteiger partial charge in [0.2, 0.25) is 11.0 Å². The summed E-state index contributed by atoms with van der Waals surface area (Å²) in [5.74, 6) is 0.135. The maximum Gasteiger partial charge on any atom is 0.248 e. The normalized spacial score (nSPS) is 10.3. The van der Waals surface area contributed by atoms with Crippen LogP contribution in [0.5, 0.6) is 0 Å². The predicted octanol–water partition coefficient (Wildman–Crippen LogP) is 3.83. The summed E-state index contributed by atoms with van der Waals surface area (Å²) in [7, 11) is 0. The molecule has 1 heterocycles. The molecule has 0 saturated heterocycles. The van der Waals surface area contributed by atoms with Gasteiger partial charge in [0.05, 0.1) is 11.4 Å². The van der Waals surface area contributed by atoms with E-state index in [1.54, 1.807) is 0 Å². The quantitative estimate of drug-likeness (QED) is 0.433. The van der Waals surface area contributed by atoms with Crippen LogP contribution in [0.1, 0.15) is 5.56 Å². The van der Waals surface area contributed by atoms with Gasteiger partial charge < -0.3 is 5.32 Å². The lowest BCUT2D eigenvalue weighted by atomic mass is 10.2. The van der Waals surface area contributed by atoms with E-state index in [9.17, 15) is 4.79 Å². The fourth-order valence-electron chi connectivity index (χ4n) is 1.97. The molecular weight excluding hydrogens is 354 g/mol. The van der Waals surface area contributed by atoms with Crippen molar-refractivity contribution in [1.82, 2.24) is 15.6 Å². The Bertz CT molecular complexity index is 838. The van der Waals surface area contributed by atoms with Gasteiger partial charge in [-0.15, -0.1) is 10.2 Å². The van der Waals surface area contributed by atoms with E-state index in [2.05, 4.69) is 26.4 Å². The molecule has 0 bridgehead atoms. The molecule has 0 saturated carbocycles. The zero-order valence-corrected chi connectivity index (χ0v) is 15.2. The minimum absolute atomic E-state index is 0.127. The molecule has 3 N–H and O–H groups in total. The van der Waals surface area contributed by atoms with Gasteiger partial charge in [-0.2, -0.15) is 0 Å². The number of carbonyl (C=O) groups excluding carboxylic acids is 1. The smallest absolute Gasteiger partial charge is 0.248 e. The minimum atomic E-state index is -0.127. The van der Waals surface area contributed by atoms with E-state index in [0.29, 0.717) is 5.13 Å². The Kier molecular flexibility index (Phi) is 5.86. The number of benzene rings is 2. The van der Waals surface area contributed by atoms with Crippen LogP contribution in [0.3, 0.4) is 0 Å². The Hall–Kier alpha value is -2.58. The summed E-state index contributed by atoms with van der Waals surface area (Å²) in [6.07, 6.45) is 0. The number of hydrogen-bond acceptors (Lipinski definition) is 7. The number of amides is 1. The molecule has 0 fully saturated rings. The van der Waals surface area contributed by atoms with E-state index in [4.69, 9.17) is 0 Å². The molecule has 6 nitrogen and oxygen atoms in total. The van der Waals surface area contributed by atoms with Gasteiger partial charge in [0.15, 0.2) is 4.34 Å². The summed E-state index contributed by atoms with van der Waals surface area (Å²) in [4.78, 5) is 11.9. The Labute approximate surface area is 154 Å². The fraction of sp³-hybridized carbons (Fsp3) is 0.118. The van der Waals surface area contributed by atoms with Gasteiger partial charge in [-0.3, -0.25) is 15.6 Å². The van der Waals surface area contributed by atoms with Crippen LogP contribution in [0, 0.1) is 6.92 Å². The lowest BCUT2D eigenvalue weighted by Gasteiger charge is -2.07. The maximum atomic E-state index is 11.9. The standard InChI is InChI=1S/C17H17N5OS2/c1-12-7-5-6-10-14(12)18-16-21-22-17(25-16)24-11-15(23)20-19-13-8-3-2-4-9-13/h2-10,19H,11H2,1H3,(H,18,21)(H,20,23). The first-order chi connectivity index (χ1) is 12.2. The van der Waals surface area contributed by atoms with E-state index >= 15 is 0 Å². The fourth-order valence-corrected chi connectivity index (χ4v) is 3.54. The van der Waals surface area contributed by atoms with Crippen LogP contribution < -0.4 is 16.2 Å². The third-order valence-corrected chi connectivity index (χ3v) is 5.21. The molecule has 0 aliphatic rings. The van der Waals surface area contributed by atoms with Crippen LogP contribution in [0.25, 0.3) is 0 Å². The second-order valence-electron chi connectivity index (χ2n) is 5.14. The monoisotopic (exact) mass is 371 g/mol. The number of thioether (sulfide) groups is 1. The first-order valence-corrected chi connectivity index (χ1v) is 9.40. The summed E-state index contributed by atoms with van der Waals surface area (Å²) in [5.41, 5.74) is 8.49. The van der Waals surface area contributed by atoms with Gasteiger partial charge in [0, 0.05) is 5.69 Å². The molecular formula is C17H17N5OS2. The van der Waals surface area contributed by atoms with Gasteiger partial charge in [0.1, 0.15) is 0 Å². The van der Waals surface area contributed by atoms with Crippen molar-refractivity contribution in [3.8, 4) is 0 Å². The highest BCUT2D eigenvalue weighted by Gasteiger charge is 2.09. The first kappa shape index (κ1) is 17.2. The van der Waals surface area contributed by atoms with E-state index in [-0.39, 0.29) is 11.7 Å². The Morgan fingerprint density at radius 3 is 2.64 bits per heavy atom. The highest BCUT2D eigenvalue weighted by molar-refractivity contribution is 8.01. The topological polar surface area (TPSA) is 78.9 Å². The summed E-state index contributed by atoms with van der Waals surface area (Å²) in [6.45, 7) is 2.03. The molecule has 1 amide bonds. The van der Waals surface area contributed by atoms with E-state index in [1.807, 2.05) is 61.5 Å². The van der Waals surface area contributed by atoms with Crippen LogP contribution in [0.4, 0.5) is 16.5 Å². The molecule has 3 rings (SSSR count). The third-order valence-electron chi connectivity index (χ3n) is 3.24. The molecule has 25 heavy (non-hydrogen) atoms. The van der Waals surface area contributed by atoms with Crippen LogP contribution in [0.2, 0.25) is 0 Å². The SMILES string of the molecule is Cc1ccccc1Nc1nnc(SCC(=O)NNc2ccccc2)s1. The van der Waals surface area contributed by atoms with Gasteiger partial charge in [-0.1, -0.05) is 59.5 Å². The summed E-state index contributed by atoms with van der Waals surface area (Å²) < 4.78 is 0.742. The van der Waals surface area contributed by atoms with Crippen molar-refractivity contribution >= 4 is 45.5 Å². The lowest BCUT2D eigenvalue weighted by molar-refractivity contribution is -0.118. The molecule has 0 aliphatic carbocycles. The first-order valence-electron chi connectivity index (χ1n) is 7.59. The Balaban J connectivity index is 1.47. The summed E-state index contributed by atoms with van der Waals surface area (Å²) in [6, 6.07) is 17.4. The number of aromatic nitrogens is 2. The Morgan fingerprint density at radius 2 is 1.84 bits per heavy atom. The molecule has 0 atom stereocenters. The predicted molar refractivity (Wildman–Crippen MR) is 103 cm³/mol. The number of nitrogens with one attached hydrogen (secondary N) is 3. The van der Waals surface area contributed by atoms with Crippen molar-refractivity contribution in [2.45, 2.75) is 11.3 Å². The van der Waals surface area contributed by atoms with Crippen LogP contribution in [-0.2, 0) is 4.79 Å². The van der Waals surface area contributed by atoms with Crippen molar-refractivity contribution in [1.29, 1.82) is 0 Å². The lowest BCUT2D eigenvalue weighted by Crippen LogP contribution is -2.30. The molecule has 0 aliphatic heterocycles. The van der Waals surface area contributed by atoms with Gasteiger partial charge in [0.25, 0.3) is 0 Å². The second-order valence-corrected chi connectivity index (χ2v) is 7.34. The number of anilines is 3. The Morgan fingerprint density at radius 1 is 1.08 bits per heavy atom. The van der Waals surface area contributed by atoms with Gasteiger partial charge in [-0.05, 0) is 30.7 Å². The molecule has 3 aromatic rings. The minimum Gasteiger partial charge on any atom is -0.330 e. The average Bonchev–Trinajstić information content (AvgIpc) is 3.08. The number of rotatable bonds is 7. The number of carbonyl (C=O) groups is 1. The molecule has 2 aromatic carbocycles. The van der Waals surface area contributed by atoms with Crippen molar-refractivity contribution in [2.24, 2.45) is 0 Å². The third kappa shape index (κ3) is 5.20. The maximum absolute atomic E-state index is 11.9.